The summed E-state index contributed by atoms with van der Waals surface area (Å²) in [6.45, 7) is 6.86. The molecule has 0 aromatic carbocycles. The first-order valence-electron chi connectivity index (χ1n) is 5.16. The Morgan fingerprint density at radius 2 is 2.50 bits per heavy atom. The number of hydrogen-bond donors (Lipinski definition) is 1. The number of hydrogen-bond acceptors (Lipinski definition) is 4. The first kappa shape index (κ1) is 10.5. The van der Waals surface area contributed by atoms with E-state index in [2.05, 4.69) is 21.9 Å². The van der Waals surface area contributed by atoms with Gasteiger partial charge in [0, 0.05) is 18.9 Å². The van der Waals surface area contributed by atoms with Crippen LogP contribution in [0.1, 0.15) is 6.92 Å². The fourth-order valence-electron chi connectivity index (χ4n) is 1.40. The third kappa shape index (κ3) is 1.98. The Balaban J connectivity index is 2.41. The van der Waals surface area contributed by atoms with Gasteiger partial charge in [0.2, 0.25) is 5.65 Å². The molecule has 5 heteroatoms. The van der Waals surface area contributed by atoms with Gasteiger partial charge in [-0.2, -0.15) is 4.98 Å². The van der Waals surface area contributed by atoms with Crippen molar-refractivity contribution < 1.29 is 4.74 Å². The summed E-state index contributed by atoms with van der Waals surface area (Å²) in [5.74, 6) is 1.29. The van der Waals surface area contributed by atoms with Crippen molar-refractivity contribution >= 4 is 11.5 Å². The minimum atomic E-state index is 0.422. The molecule has 0 atom stereocenters. The van der Waals surface area contributed by atoms with E-state index >= 15 is 0 Å². The summed E-state index contributed by atoms with van der Waals surface area (Å²) in [5, 5.41) is 3.14. The predicted molar refractivity (Wildman–Crippen MR) is 62.8 cm³/mol. The van der Waals surface area contributed by atoms with Crippen LogP contribution >= 0.6 is 0 Å². The number of nitrogens with one attached hydrogen (secondary N) is 1. The van der Waals surface area contributed by atoms with Crippen LogP contribution in [-0.2, 0) is 0 Å². The Morgan fingerprint density at radius 3 is 3.25 bits per heavy atom. The highest BCUT2D eigenvalue weighted by atomic mass is 16.5. The Morgan fingerprint density at radius 1 is 1.62 bits per heavy atom. The smallest absolute Gasteiger partial charge is 0.260 e. The van der Waals surface area contributed by atoms with Gasteiger partial charge in [-0.25, -0.2) is 4.98 Å². The average Bonchev–Trinajstić information content (AvgIpc) is 2.74. The fraction of sp³-hybridized carbons (Fsp3) is 0.273. The van der Waals surface area contributed by atoms with Gasteiger partial charge in [0.15, 0.2) is 0 Å². The molecular weight excluding hydrogens is 204 g/mol. The van der Waals surface area contributed by atoms with Crippen molar-refractivity contribution in [2.24, 2.45) is 0 Å². The van der Waals surface area contributed by atoms with E-state index in [0.717, 1.165) is 12.4 Å². The normalized spacial score (nSPS) is 10.3. The van der Waals surface area contributed by atoms with Crippen molar-refractivity contribution in [3.63, 3.8) is 0 Å². The van der Waals surface area contributed by atoms with Crippen LogP contribution in [0.25, 0.3) is 5.65 Å². The van der Waals surface area contributed by atoms with E-state index in [9.17, 15) is 0 Å². The summed E-state index contributed by atoms with van der Waals surface area (Å²) in [4.78, 5) is 8.52. The zero-order valence-corrected chi connectivity index (χ0v) is 9.18. The number of aromatic nitrogens is 3. The minimum Gasteiger partial charge on any atom is -0.471 e. The molecule has 5 nitrogen and oxygen atoms in total. The second kappa shape index (κ2) is 4.65. The van der Waals surface area contributed by atoms with Gasteiger partial charge in [0.1, 0.15) is 12.4 Å². The van der Waals surface area contributed by atoms with Crippen molar-refractivity contribution in [1.82, 2.24) is 14.4 Å². The van der Waals surface area contributed by atoms with Gasteiger partial charge in [-0.05, 0) is 6.92 Å². The number of nitrogens with zero attached hydrogens (tertiary/aromatic N) is 3. The first-order chi connectivity index (χ1) is 7.85. The quantitative estimate of drug-likeness (QED) is 0.776. The maximum Gasteiger partial charge on any atom is 0.260 e. The molecule has 2 aromatic rings. The predicted octanol–water partition coefficient (Wildman–Crippen LogP) is 1.73. The third-order valence-corrected chi connectivity index (χ3v) is 2.04. The highest BCUT2D eigenvalue weighted by molar-refractivity contribution is 5.53. The second-order valence-electron chi connectivity index (χ2n) is 3.22. The number of rotatable bonds is 5. The lowest BCUT2D eigenvalue weighted by Crippen LogP contribution is -2.05. The van der Waals surface area contributed by atoms with Gasteiger partial charge < -0.3 is 10.1 Å². The Bertz CT molecular complexity index is 492. The van der Waals surface area contributed by atoms with Crippen LogP contribution in [-0.4, -0.2) is 27.5 Å². The van der Waals surface area contributed by atoms with Crippen LogP contribution < -0.4 is 10.1 Å². The number of ether oxygens (including phenoxy) is 1. The van der Waals surface area contributed by atoms with Crippen LogP contribution in [0.4, 0.5) is 5.82 Å². The lowest BCUT2D eigenvalue weighted by atomic mass is 10.5. The maximum atomic E-state index is 5.46. The van der Waals surface area contributed by atoms with E-state index in [1.54, 1.807) is 12.3 Å². The Hall–Kier alpha value is -2.04. The van der Waals surface area contributed by atoms with Crippen molar-refractivity contribution in [1.29, 1.82) is 0 Å². The van der Waals surface area contributed by atoms with Crippen molar-refractivity contribution in [3.8, 4) is 5.88 Å². The Kier molecular flexibility index (Phi) is 3.05. The van der Waals surface area contributed by atoms with Crippen molar-refractivity contribution in [2.45, 2.75) is 6.92 Å². The van der Waals surface area contributed by atoms with E-state index in [1.807, 2.05) is 23.7 Å². The molecule has 0 bridgehead atoms. The van der Waals surface area contributed by atoms with Gasteiger partial charge >= 0.3 is 0 Å². The van der Waals surface area contributed by atoms with Gasteiger partial charge in [-0.15, -0.1) is 0 Å². The van der Waals surface area contributed by atoms with Gasteiger partial charge in [-0.1, -0.05) is 12.7 Å². The summed E-state index contributed by atoms with van der Waals surface area (Å²) in [6.07, 6.45) is 7.14. The molecule has 0 aliphatic carbocycles. The van der Waals surface area contributed by atoms with Gasteiger partial charge in [0.05, 0.1) is 6.20 Å². The molecule has 2 rings (SSSR count). The van der Waals surface area contributed by atoms with E-state index in [0.29, 0.717) is 18.1 Å². The summed E-state index contributed by atoms with van der Waals surface area (Å²) >= 11 is 0. The highest BCUT2D eigenvalue weighted by Crippen LogP contribution is 2.18. The highest BCUT2D eigenvalue weighted by Gasteiger charge is 2.07. The van der Waals surface area contributed by atoms with Gasteiger partial charge in [-0.3, -0.25) is 4.40 Å². The van der Waals surface area contributed by atoms with E-state index < -0.39 is 0 Å². The molecule has 0 amide bonds. The fourth-order valence-corrected chi connectivity index (χ4v) is 1.40. The first-order valence-corrected chi connectivity index (χ1v) is 5.16. The summed E-state index contributed by atoms with van der Waals surface area (Å²) in [5.41, 5.74) is 0.712. The molecule has 0 unspecified atom stereocenters. The molecule has 1 N–H and O–H groups in total. The van der Waals surface area contributed by atoms with E-state index in [4.69, 9.17) is 4.74 Å². The van der Waals surface area contributed by atoms with Crippen molar-refractivity contribution in [2.75, 3.05) is 18.5 Å². The van der Waals surface area contributed by atoms with Crippen LogP contribution in [0.5, 0.6) is 5.88 Å². The molecule has 2 heterocycles. The third-order valence-electron chi connectivity index (χ3n) is 2.04. The van der Waals surface area contributed by atoms with Gasteiger partial charge in [0.25, 0.3) is 5.88 Å². The van der Waals surface area contributed by atoms with Crippen LogP contribution in [0.15, 0.2) is 31.2 Å². The largest absolute Gasteiger partial charge is 0.471 e. The number of imidazole rings is 1. The van der Waals surface area contributed by atoms with Crippen LogP contribution in [0.2, 0.25) is 0 Å². The van der Waals surface area contributed by atoms with E-state index in [-0.39, 0.29) is 0 Å². The molecule has 0 saturated carbocycles. The lowest BCUT2D eigenvalue weighted by molar-refractivity contribution is 0.351. The molecule has 0 spiro atoms. The average molecular weight is 218 g/mol. The SMILES string of the molecule is C=CCOc1nc(NCC)cn2ccnc12. The molecule has 0 fully saturated rings. The second-order valence-corrected chi connectivity index (χ2v) is 3.22. The molecule has 2 aromatic heterocycles. The number of anilines is 1. The molecule has 0 aliphatic heterocycles. The lowest BCUT2D eigenvalue weighted by Gasteiger charge is -2.08. The zero-order valence-electron chi connectivity index (χ0n) is 9.18. The van der Waals surface area contributed by atoms with Crippen LogP contribution in [0, 0.1) is 0 Å². The molecular formula is C11H14N4O. The Labute approximate surface area is 93.8 Å². The minimum absolute atomic E-state index is 0.422. The van der Waals surface area contributed by atoms with Crippen molar-refractivity contribution in [3.05, 3.63) is 31.2 Å². The summed E-state index contributed by atoms with van der Waals surface area (Å²) in [7, 11) is 0. The molecule has 0 radical (unpaired) electrons. The zero-order chi connectivity index (χ0) is 11.4. The molecule has 16 heavy (non-hydrogen) atoms. The monoisotopic (exact) mass is 218 g/mol. The summed E-state index contributed by atoms with van der Waals surface area (Å²) < 4.78 is 7.34. The maximum absolute atomic E-state index is 5.46. The standard InChI is InChI=1S/C11H14N4O/c1-3-7-16-11-10-13-5-6-15(10)8-9(14-11)12-4-2/h3,5-6,8,12H,1,4,7H2,2H3. The van der Waals surface area contributed by atoms with E-state index in [1.165, 1.54) is 0 Å². The molecule has 0 saturated heterocycles. The number of fused-ring (bicyclic) bond motifs is 1. The molecule has 0 aliphatic rings. The summed E-state index contributed by atoms with van der Waals surface area (Å²) in [6, 6.07) is 0. The topological polar surface area (TPSA) is 51.5 Å². The molecule has 84 valence electrons. The van der Waals surface area contributed by atoms with Crippen LogP contribution in [0.3, 0.4) is 0 Å².